The van der Waals surface area contributed by atoms with Gasteiger partial charge in [-0.25, -0.2) is 4.39 Å². The lowest BCUT2D eigenvalue weighted by atomic mass is 10.1. The number of morpholine rings is 1. The first-order valence-corrected chi connectivity index (χ1v) is 6.24. The molecule has 0 radical (unpaired) electrons. The SMILES string of the molecule is CC(C)CN1CCOC(c2cccc(F)c2)C1. The van der Waals surface area contributed by atoms with E-state index in [1.807, 2.05) is 6.07 Å². The number of benzene rings is 1. The van der Waals surface area contributed by atoms with Crippen molar-refractivity contribution in [2.24, 2.45) is 5.92 Å². The van der Waals surface area contributed by atoms with E-state index in [0.717, 1.165) is 31.8 Å². The lowest BCUT2D eigenvalue weighted by Gasteiger charge is -2.34. The molecular formula is C14H20FNO. The minimum absolute atomic E-state index is 0.0122. The molecule has 94 valence electrons. The van der Waals surface area contributed by atoms with Crippen molar-refractivity contribution in [2.45, 2.75) is 20.0 Å². The van der Waals surface area contributed by atoms with Gasteiger partial charge in [-0.15, -0.1) is 0 Å². The van der Waals surface area contributed by atoms with Crippen LogP contribution in [0.3, 0.4) is 0 Å². The smallest absolute Gasteiger partial charge is 0.123 e. The summed E-state index contributed by atoms with van der Waals surface area (Å²) in [6, 6.07) is 6.73. The Kier molecular flexibility index (Phi) is 4.13. The van der Waals surface area contributed by atoms with Gasteiger partial charge in [0, 0.05) is 19.6 Å². The fourth-order valence-corrected chi connectivity index (χ4v) is 2.29. The largest absolute Gasteiger partial charge is 0.371 e. The molecule has 1 unspecified atom stereocenters. The lowest BCUT2D eigenvalue weighted by Crippen LogP contribution is -2.40. The Balaban J connectivity index is 2.02. The summed E-state index contributed by atoms with van der Waals surface area (Å²) >= 11 is 0. The minimum atomic E-state index is -0.188. The van der Waals surface area contributed by atoms with Gasteiger partial charge in [-0.2, -0.15) is 0 Å². The Morgan fingerprint density at radius 3 is 3.00 bits per heavy atom. The molecule has 1 aromatic rings. The van der Waals surface area contributed by atoms with E-state index in [9.17, 15) is 4.39 Å². The van der Waals surface area contributed by atoms with Gasteiger partial charge in [-0.1, -0.05) is 26.0 Å². The lowest BCUT2D eigenvalue weighted by molar-refractivity contribution is -0.0333. The predicted octanol–water partition coefficient (Wildman–Crippen LogP) is 2.86. The maximum atomic E-state index is 13.2. The summed E-state index contributed by atoms with van der Waals surface area (Å²) in [5.41, 5.74) is 0.943. The molecule has 0 saturated carbocycles. The zero-order valence-corrected chi connectivity index (χ0v) is 10.5. The second-order valence-corrected chi connectivity index (χ2v) is 5.07. The van der Waals surface area contributed by atoms with Crippen LogP contribution >= 0.6 is 0 Å². The Hall–Kier alpha value is -0.930. The molecule has 1 aliphatic heterocycles. The van der Waals surface area contributed by atoms with E-state index in [2.05, 4.69) is 18.7 Å². The van der Waals surface area contributed by atoms with E-state index in [0.29, 0.717) is 5.92 Å². The molecule has 0 amide bonds. The highest BCUT2D eigenvalue weighted by Gasteiger charge is 2.22. The van der Waals surface area contributed by atoms with Crippen LogP contribution in [-0.4, -0.2) is 31.1 Å². The third-order valence-electron chi connectivity index (χ3n) is 2.99. The van der Waals surface area contributed by atoms with Crippen molar-refractivity contribution in [1.29, 1.82) is 0 Å². The van der Waals surface area contributed by atoms with Crippen molar-refractivity contribution in [3.8, 4) is 0 Å². The summed E-state index contributed by atoms with van der Waals surface area (Å²) < 4.78 is 18.9. The van der Waals surface area contributed by atoms with E-state index in [4.69, 9.17) is 4.74 Å². The summed E-state index contributed by atoms with van der Waals surface area (Å²) in [5, 5.41) is 0. The van der Waals surface area contributed by atoms with Gasteiger partial charge in [0.1, 0.15) is 5.82 Å². The Labute approximate surface area is 102 Å². The van der Waals surface area contributed by atoms with Crippen LogP contribution in [0.5, 0.6) is 0 Å². The third kappa shape index (κ3) is 3.51. The van der Waals surface area contributed by atoms with Crippen LogP contribution in [0.1, 0.15) is 25.5 Å². The number of nitrogens with zero attached hydrogens (tertiary/aromatic N) is 1. The van der Waals surface area contributed by atoms with Crippen LogP contribution in [0, 0.1) is 11.7 Å². The molecule has 0 N–H and O–H groups in total. The molecule has 2 rings (SSSR count). The first-order valence-electron chi connectivity index (χ1n) is 6.24. The Bertz CT molecular complexity index is 367. The second kappa shape index (κ2) is 5.61. The van der Waals surface area contributed by atoms with Crippen molar-refractivity contribution in [3.05, 3.63) is 35.6 Å². The van der Waals surface area contributed by atoms with Crippen LogP contribution in [0.2, 0.25) is 0 Å². The summed E-state index contributed by atoms with van der Waals surface area (Å²) in [6.45, 7) is 8.08. The van der Waals surface area contributed by atoms with E-state index < -0.39 is 0 Å². The molecule has 0 aliphatic carbocycles. The average Bonchev–Trinajstić information content (AvgIpc) is 2.28. The van der Waals surface area contributed by atoms with Crippen molar-refractivity contribution in [2.75, 3.05) is 26.2 Å². The van der Waals surface area contributed by atoms with E-state index in [-0.39, 0.29) is 11.9 Å². The maximum Gasteiger partial charge on any atom is 0.123 e. The summed E-state index contributed by atoms with van der Waals surface area (Å²) in [6.07, 6.45) is 0.0122. The fraction of sp³-hybridized carbons (Fsp3) is 0.571. The molecule has 0 spiro atoms. The molecule has 0 bridgehead atoms. The van der Waals surface area contributed by atoms with Crippen LogP contribution in [0.15, 0.2) is 24.3 Å². The predicted molar refractivity (Wildman–Crippen MR) is 66.4 cm³/mol. The maximum absolute atomic E-state index is 13.2. The van der Waals surface area contributed by atoms with Gasteiger partial charge in [-0.3, -0.25) is 4.90 Å². The Morgan fingerprint density at radius 2 is 2.29 bits per heavy atom. The molecule has 1 heterocycles. The molecule has 0 aromatic heterocycles. The fourth-order valence-electron chi connectivity index (χ4n) is 2.29. The number of rotatable bonds is 3. The summed E-state index contributed by atoms with van der Waals surface area (Å²) in [7, 11) is 0. The zero-order chi connectivity index (χ0) is 12.3. The molecule has 1 aliphatic rings. The van der Waals surface area contributed by atoms with Crippen LogP contribution in [-0.2, 0) is 4.74 Å². The minimum Gasteiger partial charge on any atom is -0.371 e. The molecular weight excluding hydrogens is 217 g/mol. The van der Waals surface area contributed by atoms with Crippen LogP contribution in [0.4, 0.5) is 4.39 Å². The normalized spacial score (nSPS) is 22.0. The zero-order valence-electron chi connectivity index (χ0n) is 10.5. The average molecular weight is 237 g/mol. The highest BCUT2D eigenvalue weighted by Crippen LogP contribution is 2.23. The van der Waals surface area contributed by atoms with Gasteiger partial charge in [0.25, 0.3) is 0 Å². The van der Waals surface area contributed by atoms with Crippen molar-refractivity contribution in [1.82, 2.24) is 4.90 Å². The van der Waals surface area contributed by atoms with Crippen molar-refractivity contribution >= 4 is 0 Å². The standard InChI is InChI=1S/C14H20FNO/c1-11(2)9-16-6-7-17-14(10-16)12-4-3-5-13(15)8-12/h3-5,8,11,14H,6-7,9-10H2,1-2H3. The highest BCUT2D eigenvalue weighted by atomic mass is 19.1. The molecule has 3 heteroatoms. The molecule has 1 saturated heterocycles. The quantitative estimate of drug-likeness (QED) is 0.801. The van der Waals surface area contributed by atoms with Crippen LogP contribution < -0.4 is 0 Å². The van der Waals surface area contributed by atoms with E-state index in [1.165, 1.54) is 6.07 Å². The van der Waals surface area contributed by atoms with Crippen LogP contribution in [0.25, 0.3) is 0 Å². The van der Waals surface area contributed by atoms with Crippen molar-refractivity contribution < 1.29 is 9.13 Å². The van der Waals surface area contributed by atoms with E-state index in [1.54, 1.807) is 12.1 Å². The monoisotopic (exact) mass is 237 g/mol. The molecule has 1 aromatic carbocycles. The summed E-state index contributed by atoms with van der Waals surface area (Å²) in [4.78, 5) is 2.39. The van der Waals surface area contributed by atoms with Gasteiger partial charge in [0.2, 0.25) is 0 Å². The van der Waals surface area contributed by atoms with E-state index >= 15 is 0 Å². The van der Waals surface area contributed by atoms with Gasteiger partial charge in [-0.05, 0) is 23.6 Å². The van der Waals surface area contributed by atoms with Gasteiger partial charge in [0.05, 0.1) is 12.7 Å². The number of ether oxygens (including phenoxy) is 1. The molecule has 17 heavy (non-hydrogen) atoms. The Morgan fingerprint density at radius 1 is 1.47 bits per heavy atom. The first-order chi connectivity index (χ1) is 8.15. The van der Waals surface area contributed by atoms with Gasteiger partial charge >= 0.3 is 0 Å². The number of halogens is 1. The second-order valence-electron chi connectivity index (χ2n) is 5.07. The summed E-state index contributed by atoms with van der Waals surface area (Å²) in [5.74, 6) is 0.466. The third-order valence-corrected chi connectivity index (χ3v) is 2.99. The number of hydrogen-bond donors (Lipinski definition) is 0. The topological polar surface area (TPSA) is 12.5 Å². The molecule has 2 nitrogen and oxygen atoms in total. The molecule has 1 fully saturated rings. The van der Waals surface area contributed by atoms with Gasteiger partial charge in [0.15, 0.2) is 0 Å². The molecule has 1 atom stereocenters. The highest BCUT2D eigenvalue weighted by molar-refractivity contribution is 5.19. The van der Waals surface area contributed by atoms with Gasteiger partial charge < -0.3 is 4.74 Å². The number of hydrogen-bond acceptors (Lipinski definition) is 2. The van der Waals surface area contributed by atoms with Crippen molar-refractivity contribution in [3.63, 3.8) is 0 Å². The first kappa shape index (κ1) is 12.5.